The Labute approximate surface area is 454 Å². The zero-order valence-corrected chi connectivity index (χ0v) is 46.6. The second-order valence-corrected chi connectivity index (χ2v) is 19.4. The molecule has 0 aliphatic carbocycles. The molecule has 6 N–H and O–H groups in total. The van der Waals surface area contributed by atoms with Crippen molar-refractivity contribution in [2.75, 3.05) is 13.2 Å². The van der Waals surface area contributed by atoms with E-state index in [-0.39, 0.29) is 19.4 Å². The van der Waals surface area contributed by atoms with Crippen molar-refractivity contribution in [3.63, 3.8) is 0 Å². The monoisotopic (exact) mass is 1050 g/mol. The van der Waals surface area contributed by atoms with Crippen molar-refractivity contribution in [2.45, 2.75) is 243 Å². The zero-order valence-electron chi connectivity index (χ0n) is 46.6. The summed E-state index contributed by atoms with van der Waals surface area (Å²) >= 11 is 0. The Morgan fingerprint density at radius 3 is 1.60 bits per heavy atom. The van der Waals surface area contributed by atoms with Crippen LogP contribution in [0.1, 0.15) is 194 Å². The van der Waals surface area contributed by atoms with Crippen LogP contribution in [0.2, 0.25) is 0 Å². The molecule has 11 nitrogen and oxygen atoms in total. The van der Waals surface area contributed by atoms with Gasteiger partial charge >= 0.3 is 5.97 Å². The van der Waals surface area contributed by atoms with E-state index in [1.54, 1.807) is 6.08 Å². The average Bonchev–Trinajstić information content (AvgIpc) is 3.41. The maximum atomic E-state index is 13.4. The fourth-order valence-electron chi connectivity index (χ4n) is 8.11. The van der Waals surface area contributed by atoms with Crippen LogP contribution in [0.3, 0.4) is 0 Å². The lowest BCUT2D eigenvalue weighted by Crippen LogP contribution is -2.61. The van der Waals surface area contributed by atoms with Gasteiger partial charge in [-0.3, -0.25) is 9.59 Å². The van der Waals surface area contributed by atoms with E-state index in [9.17, 15) is 35.1 Å². The standard InChI is InChI=1S/C64H103NO10/c1-4-7-10-13-16-19-22-24-26-27-28-29-30-32-33-36-39-42-45-48-51-57(68)63(72)65-55(56(67)50-47-44-41-38-35-21-18-15-12-9-6-3)54-73-64-62(61(71)60(70)58(53-66)74-64)75-59(69)52-49-46-43-40-37-34-31-25-23-20-17-14-11-8-5-2/h7-8,10-11,14,16-17,19-20,23-26,28-29,31-34,37,47,50,55-58,60-62,64,66-68,70-71H,4-6,9,12-13,15,18,21-22,27,30,35-36,38-46,48-49,51-54H2,1-3H3,(H,65,72)/b10-7-,11-8+,17-14+,19-16-,23-20-,26-24-,29-28-,31-25-,33-32-,37-34+,50-47+. The molecule has 0 spiro atoms. The molecular weight excluding hydrogens is 943 g/mol. The molecule has 1 amide bonds. The second kappa shape index (κ2) is 50.6. The lowest BCUT2D eigenvalue weighted by molar-refractivity contribution is -0.305. The highest BCUT2D eigenvalue weighted by Crippen LogP contribution is 2.26. The Kier molecular flexibility index (Phi) is 46.4. The predicted molar refractivity (Wildman–Crippen MR) is 310 cm³/mol. The largest absolute Gasteiger partial charge is 0.454 e. The minimum Gasteiger partial charge on any atom is -0.454 e. The number of esters is 1. The van der Waals surface area contributed by atoms with Gasteiger partial charge in [0.05, 0.1) is 25.4 Å². The van der Waals surface area contributed by atoms with Gasteiger partial charge in [-0.25, -0.2) is 0 Å². The number of hydrogen-bond donors (Lipinski definition) is 6. The molecule has 1 aliphatic heterocycles. The third-order valence-corrected chi connectivity index (χ3v) is 12.7. The third kappa shape index (κ3) is 38.9. The molecule has 0 aromatic carbocycles. The van der Waals surface area contributed by atoms with E-state index in [4.69, 9.17) is 14.2 Å². The maximum absolute atomic E-state index is 13.4. The van der Waals surface area contributed by atoms with Crippen LogP contribution >= 0.6 is 0 Å². The van der Waals surface area contributed by atoms with Gasteiger partial charge in [0.25, 0.3) is 0 Å². The number of ether oxygens (including phenoxy) is 3. The van der Waals surface area contributed by atoms with E-state index < -0.39 is 67.4 Å². The van der Waals surface area contributed by atoms with Gasteiger partial charge in [0.15, 0.2) is 12.4 Å². The van der Waals surface area contributed by atoms with Gasteiger partial charge in [-0.05, 0) is 89.9 Å². The number of aliphatic hydroxyl groups excluding tert-OH is 5. The van der Waals surface area contributed by atoms with Gasteiger partial charge in [-0.2, -0.15) is 0 Å². The highest BCUT2D eigenvalue weighted by molar-refractivity contribution is 5.80. The topological polar surface area (TPSA) is 175 Å². The highest BCUT2D eigenvalue weighted by Gasteiger charge is 2.47. The Balaban J connectivity index is 2.75. The van der Waals surface area contributed by atoms with Gasteiger partial charge < -0.3 is 45.1 Å². The average molecular weight is 1050 g/mol. The van der Waals surface area contributed by atoms with Gasteiger partial charge in [-0.1, -0.05) is 231 Å². The quantitative estimate of drug-likeness (QED) is 0.0149. The molecule has 0 aromatic rings. The summed E-state index contributed by atoms with van der Waals surface area (Å²) in [7, 11) is 0. The molecular formula is C64H103NO10. The molecule has 1 heterocycles. The summed E-state index contributed by atoms with van der Waals surface area (Å²) in [6.45, 7) is 5.45. The lowest BCUT2D eigenvalue weighted by atomic mass is 9.99. The van der Waals surface area contributed by atoms with Gasteiger partial charge in [-0.15, -0.1) is 0 Å². The van der Waals surface area contributed by atoms with Gasteiger partial charge in [0.2, 0.25) is 5.91 Å². The van der Waals surface area contributed by atoms with E-state index in [0.29, 0.717) is 12.8 Å². The number of allylic oxidation sites excluding steroid dienone is 21. The summed E-state index contributed by atoms with van der Waals surface area (Å²) in [5.41, 5.74) is 0. The smallest absolute Gasteiger partial charge is 0.306 e. The number of hydrogen-bond acceptors (Lipinski definition) is 10. The Morgan fingerprint density at radius 1 is 0.547 bits per heavy atom. The Bertz CT molecular complexity index is 1720. The summed E-state index contributed by atoms with van der Waals surface area (Å²) < 4.78 is 17.5. The molecule has 75 heavy (non-hydrogen) atoms. The van der Waals surface area contributed by atoms with Crippen LogP contribution in [0, 0.1) is 0 Å². The molecule has 0 saturated carbocycles. The molecule has 0 radical (unpaired) electrons. The summed E-state index contributed by atoms with van der Waals surface area (Å²) in [4.78, 5) is 26.5. The van der Waals surface area contributed by atoms with Gasteiger partial charge in [0, 0.05) is 6.42 Å². The molecule has 1 saturated heterocycles. The van der Waals surface area contributed by atoms with Crippen molar-refractivity contribution in [3.8, 4) is 0 Å². The maximum Gasteiger partial charge on any atom is 0.306 e. The van der Waals surface area contributed by atoms with Crippen molar-refractivity contribution in [2.24, 2.45) is 0 Å². The van der Waals surface area contributed by atoms with E-state index in [1.807, 2.05) is 54.7 Å². The molecule has 8 unspecified atom stereocenters. The van der Waals surface area contributed by atoms with Crippen molar-refractivity contribution >= 4 is 11.9 Å². The van der Waals surface area contributed by atoms with Crippen LogP contribution in [0.4, 0.5) is 0 Å². The van der Waals surface area contributed by atoms with Crippen LogP contribution in [-0.4, -0.2) is 99.6 Å². The highest BCUT2D eigenvalue weighted by atomic mass is 16.7. The Hall–Kier alpha value is -4.20. The molecule has 1 rings (SSSR count). The summed E-state index contributed by atoms with van der Waals surface area (Å²) in [5, 5.41) is 56.8. The molecule has 1 fully saturated rings. The van der Waals surface area contributed by atoms with Gasteiger partial charge in [0.1, 0.15) is 24.4 Å². The summed E-state index contributed by atoms with van der Waals surface area (Å²) in [6, 6.07) is -1.05. The van der Waals surface area contributed by atoms with E-state index in [0.717, 1.165) is 109 Å². The fourth-order valence-corrected chi connectivity index (χ4v) is 8.11. The van der Waals surface area contributed by atoms with Crippen LogP contribution in [0.25, 0.3) is 0 Å². The first-order valence-corrected chi connectivity index (χ1v) is 29.0. The fraction of sp³-hybridized carbons (Fsp3) is 0.625. The van der Waals surface area contributed by atoms with E-state index >= 15 is 0 Å². The first-order chi connectivity index (χ1) is 36.7. The van der Waals surface area contributed by atoms with Crippen molar-refractivity contribution in [1.29, 1.82) is 0 Å². The third-order valence-electron chi connectivity index (χ3n) is 12.7. The van der Waals surface area contributed by atoms with Crippen LogP contribution in [-0.2, 0) is 23.8 Å². The number of aliphatic hydroxyl groups is 5. The van der Waals surface area contributed by atoms with Crippen molar-refractivity contribution in [1.82, 2.24) is 5.32 Å². The normalized spacial score (nSPS) is 20.2. The molecule has 11 heteroatoms. The van der Waals surface area contributed by atoms with Crippen LogP contribution in [0.5, 0.6) is 0 Å². The number of nitrogens with one attached hydrogen (secondary N) is 1. The zero-order chi connectivity index (χ0) is 54.7. The first-order valence-electron chi connectivity index (χ1n) is 29.0. The number of carbonyl (C=O) groups is 2. The van der Waals surface area contributed by atoms with Crippen molar-refractivity contribution in [3.05, 3.63) is 134 Å². The van der Waals surface area contributed by atoms with Crippen LogP contribution < -0.4 is 5.32 Å². The number of amides is 1. The summed E-state index contributed by atoms with van der Waals surface area (Å²) in [5.74, 6) is -1.27. The van der Waals surface area contributed by atoms with E-state index in [2.05, 4.69) is 99.0 Å². The minimum atomic E-state index is -1.64. The van der Waals surface area contributed by atoms with E-state index in [1.165, 1.54) is 38.5 Å². The number of rotatable bonds is 46. The molecule has 0 aromatic heterocycles. The lowest BCUT2D eigenvalue weighted by Gasteiger charge is -2.41. The van der Waals surface area contributed by atoms with Crippen LogP contribution in [0.15, 0.2) is 134 Å². The molecule has 0 bridgehead atoms. The summed E-state index contributed by atoms with van der Waals surface area (Å²) in [6.07, 6.45) is 60.6. The SMILES string of the molecule is CC/C=C\C/C=C\C/C=C\C/C=C\C/C=C\CCCCCCC(O)C(=O)NC(COC1OC(CO)C(O)C(O)C1OC(=O)CCCCC/C=C/C=C\C=C/C=C/C=C/CC)C(O)/C=C/CCCCCCCCCCC. The molecule has 424 valence electrons. The number of carbonyl (C=O) groups excluding carboxylic acids is 2. The minimum absolute atomic E-state index is 0.0637. The first kappa shape index (κ1) is 68.8. The Morgan fingerprint density at radius 2 is 1.03 bits per heavy atom. The molecule has 1 aliphatic rings. The number of unbranched alkanes of at least 4 members (excludes halogenated alkanes) is 16. The molecule has 8 atom stereocenters. The van der Waals surface area contributed by atoms with Crippen molar-refractivity contribution < 1.29 is 49.3 Å². The predicted octanol–water partition coefficient (Wildman–Crippen LogP) is 13.3. The second-order valence-electron chi connectivity index (χ2n) is 19.4.